The average molecular weight is 262 g/mol. The molecule has 0 saturated carbocycles. The molecule has 6 nitrogen and oxygen atoms in total. The minimum absolute atomic E-state index is 0. The quantitative estimate of drug-likeness (QED) is 0.397. The van der Waals surface area contributed by atoms with Gasteiger partial charge >= 0.3 is 172 Å². The van der Waals surface area contributed by atoms with Crippen LogP contribution in [0.15, 0.2) is 0 Å². The van der Waals surface area contributed by atoms with Gasteiger partial charge in [-0.2, -0.15) is 0 Å². The first-order valence-electron chi connectivity index (χ1n) is 1.41. The Morgan fingerprint density at radius 3 is 0.500 bits per heavy atom. The third-order valence-electron chi connectivity index (χ3n) is 0. The predicted molar refractivity (Wildman–Crippen MR) is 17.3 cm³/mol. The van der Waals surface area contributed by atoms with Crippen molar-refractivity contribution in [3.63, 3.8) is 0 Å². The van der Waals surface area contributed by atoms with E-state index in [1.54, 1.807) is 0 Å². The first-order chi connectivity index (χ1) is 3.46. The van der Waals surface area contributed by atoms with Crippen molar-refractivity contribution < 1.29 is 184 Å². The van der Waals surface area contributed by atoms with E-state index >= 15 is 0 Å². The van der Waals surface area contributed by atoms with Gasteiger partial charge in [0, 0.05) is 0 Å². The van der Waals surface area contributed by atoms with Crippen LogP contribution in [-0.2, 0) is 0 Å². The molecule has 0 aromatic heterocycles. The minimum Gasteiger partial charge on any atom is -0.907 e. The second-order valence-electron chi connectivity index (χ2n) is 0.577. The summed E-state index contributed by atoms with van der Waals surface area (Å²) >= 11 is 0. The second kappa shape index (κ2) is 29.9. The van der Waals surface area contributed by atoms with Crippen molar-refractivity contribution in [2.24, 2.45) is 0 Å². The van der Waals surface area contributed by atoms with Crippen molar-refractivity contribution >= 4 is 32.0 Å². The Bertz CT molecular complexity index is 36.3. The summed E-state index contributed by atoms with van der Waals surface area (Å²) in [4.78, 5) is 0. The fourth-order valence-corrected chi connectivity index (χ4v) is 0. The van der Waals surface area contributed by atoms with Gasteiger partial charge in [-0.15, -0.1) is 0 Å². The van der Waals surface area contributed by atoms with Crippen molar-refractivity contribution in [1.82, 2.24) is 0 Å². The average Bonchev–Trinajstić information content (AvgIpc) is 1.25. The van der Waals surface area contributed by atoms with Crippen LogP contribution in [0.4, 0.5) is 0 Å². The Kier molecular flexibility index (Phi) is 89.7. The summed E-state index contributed by atoms with van der Waals surface area (Å²) < 4.78 is 0. The Balaban J connectivity index is -0.0000000112. The standard InChI is InChI=1S/Al.2BO3.3K/c;2*2-1(3)4;;;/q+3;2*-3;3*+1. The topological polar surface area (TPSA) is 138 Å². The number of hydrogen-bond acceptors (Lipinski definition) is 6. The zero-order chi connectivity index (χ0) is 7.15. The van der Waals surface area contributed by atoms with Gasteiger partial charge in [0.25, 0.3) is 0 Å². The third kappa shape index (κ3) is 111. The molecule has 48 valence electrons. The summed E-state index contributed by atoms with van der Waals surface area (Å²) in [6.45, 7) is 0. The maximum absolute atomic E-state index is 8.42. The van der Waals surface area contributed by atoms with Gasteiger partial charge in [0.2, 0.25) is 0 Å². The Hall–Kier alpha value is 5.33. The van der Waals surface area contributed by atoms with Gasteiger partial charge in [-0.1, -0.05) is 0 Å². The van der Waals surface area contributed by atoms with Gasteiger partial charge in [-0.3, -0.25) is 14.6 Å². The molecule has 0 saturated heterocycles. The van der Waals surface area contributed by atoms with Gasteiger partial charge in [0.1, 0.15) is 0 Å². The van der Waals surface area contributed by atoms with E-state index in [4.69, 9.17) is 30.1 Å². The number of hydrogen-bond donors (Lipinski definition) is 0. The van der Waals surface area contributed by atoms with Crippen LogP contribution >= 0.6 is 0 Å². The van der Waals surface area contributed by atoms with Crippen LogP contribution in [0.5, 0.6) is 0 Å². The van der Waals surface area contributed by atoms with Crippen molar-refractivity contribution in [3.05, 3.63) is 0 Å². The van der Waals surface area contributed by atoms with Gasteiger partial charge < -0.3 is 30.1 Å². The van der Waals surface area contributed by atoms with E-state index in [0.717, 1.165) is 0 Å². The van der Waals surface area contributed by atoms with Crippen molar-refractivity contribution in [2.75, 3.05) is 0 Å². The Morgan fingerprint density at radius 2 is 0.500 bits per heavy atom. The smallest absolute Gasteiger partial charge is 0.907 e. The summed E-state index contributed by atoms with van der Waals surface area (Å²) in [5.74, 6) is 0. The zero-order valence-corrected chi connectivity index (χ0v) is 17.7. The molecule has 0 aliphatic heterocycles. The van der Waals surface area contributed by atoms with Gasteiger partial charge in [0.05, 0.1) is 0 Å². The summed E-state index contributed by atoms with van der Waals surface area (Å²) in [6.07, 6.45) is 0. The molecule has 0 atom stereocenters. The van der Waals surface area contributed by atoms with E-state index in [2.05, 4.69) is 0 Å². The van der Waals surface area contributed by atoms with Crippen LogP contribution in [0, 0.1) is 0 Å². The molecule has 12 heteroatoms. The molecule has 0 aromatic carbocycles. The molecule has 0 rings (SSSR count). The molecule has 12 heavy (non-hydrogen) atoms. The van der Waals surface area contributed by atoms with Crippen LogP contribution in [0.2, 0.25) is 0 Å². The van der Waals surface area contributed by atoms with Crippen molar-refractivity contribution in [1.29, 1.82) is 0 Å². The van der Waals surface area contributed by atoms with Gasteiger partial charge in [-0.25, -0.2) is 0 Å². The molecular formula is AlB2K3O6. The molecule has 0 bridgehead atoms. The van der Waals surface area contributed by atoms with Crippen LogP contribution in [-0.4, -0.2) is 32.0 Å². The summed E-state index contributed by atoms with van der Waals surface area (Å²) in [5.41, 5.74) is 0. The summed E-state index contributed by atoms with van der Waals surface area (Å²) in [5, 5.41) is 50.5. The van der Waals surface area contributed by atoms with Gasteiger partial charge in [0.15, 0.2) is 0 Å². The molecular weight excluding hydrogens is 262 g/mol. The number of rotatable bonds is 0. The fraction of sp³-hybridized carbons (Fsp3) is 0. The molecule has 0 fully saturated rings. The first-order valence-corrected chi connectivity index (χ1v) is 1.41. The molecule has 0 aliphatic carbocycles. The molecule has 0 amide bonds. The van der Waals surface area contributed by atoms with E-state index in [0.29, 0.717) is 0 Å². The second-order valence-corrected chi connectivity index (χ2v) is 0.577. The summed E-state index contributed by atoms with van der Waals surface area (Å²) in [6, 6.07) is 0. The SMILES string of the molecule is [Al+3].[K+].[K+].[K+].[O-]B([O-])[O-].[O-]B([O-])[O-]. The van der Waals surface area contributed by atoms with Crippen LogP contribution in [0.3, 0.4) is 0 Å². The molecule has 0 N–H and O–H groups in total. The molecule has 0 radical (unpaired) electrons. The largest absolute Gasteiger partial charge is 3.00 e. The minimum atomic E-state index is -2.92. The van der Waals surface area contributed by atoms with Crippen molar-refractivity contribution in [2.45, 2.75) is 0 Å². The third-order valence-corrected chi connectivity index (χ3v) is 0. The molecule has 0 unspecified atom stereocenters. The molecule has 0 heterocycles. The first kappa shape index (κ1) is 36.0. The van der Waals surface area contributed by atoms with E-state index in [-0.39, 0.29) is 172 Å². The Labute approximate surface area is 210 Å². The fourth-order valence-electron chi connectivity index (χ4n) is 0. The van der Waals surface area contributed by atoms with Crippen molar-refractivity contribution in [3.8, 4) is 0 Å². The molecule has 0 spiro atoms. The zero-order valence-electron chi connectivity index (χ0n) is 7.18. The van der Waals surface area contributed by atoms with E-state index < -0.39 is 14.6 Å². The predicted octanol–water partition coefficient (Wildman–Crippen LogP) is -17.3. The van der Waals surface area contributed by atoms with E-state index in [1.165, 1.54) is 0 Å². The van der Waals surface area contributed by atoms with E-state index in [1.807, 2.05) is 0 Å². The van der Waals surface area contributed by atoms with Gasteiger partial charge in [-0.05, 0) is 0 Å². The monoisotopic (exact) mass is 262 g/mol. The Morgan fingerprint density at radius 1 is 0.500 bits per heavy atom. The molecule has 0 aromatic rings. The van der Waals surface area contributed by atoms with Crippen LogP contribution < -0.4 is 184 Å². The van der Waals surface area contributed by atoms with E-state index in [9.17, 15) is 0 Å². The summed E-state index contributed by atoms with van der Waals surface area (Å²) in [7, 11) is -5.83. The maximum Gasteiger partial charge on any atom is 3.00 e. The maximum atomic E-state index is 8.42. The van der Waals surface area contributed by atoms with Crippen LogP contribution in [0.1, 0.15) is 0 Å². The van der Waals surface area contributed by atoms with Crippen LogP contribution in [0.25, 0.3) is 0 Å². The molecule has 0 aliphatic rings. The normalized spacial score (nSPS) is 4.50.